The first-order chi connectivity index (χ1) is 13.5. The maximum Gasteiger partial charge on any atom is 0.257 e. The number of carbonyl (C=O) groups is 1. The van der Waals surface area contributed by atoms with E-state index in [1.807, 2.05) is 42.8 Å². The second-order valence-corrected chi connectivity index (χ2v) is 7.15. The SMILES string of the molecule is Cc1cc(C)c(NC(=O)c2cnc3c(cnn3Cc3ccccc3)c2)c(C)c1. The Bertz CT molecular complexity index is 1140. The number of hydrogen-bond donors (Lipinski definition) is 1. The number of aryl methyl sites for hydroxylation is 3. The fraction of sp³-hybridized carbons (Fsp3) is 0.174. The Hall–Kier alpha value is -3.47. The van der Waals surface area contributed by atoms with Gasteiger partial charge in [0.1, 0.15) is 0 Å². The van der Waals surface area contributed by atoms with Gasteiger partial charge in [0, 0.05) is 17.3 Å². The molecule has 28 heavy (non-hydrogen) atoms. The van der Waals surface area contributed by atoms with Crippen LogP contribution >= 0.6 is 0 Å². The molecule has 0 atom stereocenters. The van der Waals surface area contributed by atoms with Crippen LogP contribution in [0.3, 0.4) is 0 Å². The number of nitrogens with one attached hydrogen (secondary N) is 1. The summed E-state index contributed by atoms with van der Waals surface area (Å²) in [5, 5.41) is 8.31. The summed E-state index contributed by atoms with van der Waals surface area (Å²) >= 11 is 0. The molecule has 4 rings (SSSR count). The number of fused-ring (bicyclic) bond motifs is 1. The van der Waals surface area contributed by atoms with Gasteiger partial charge in [0.25, 0.3) is 5.91 Å². The molecule has 2 aromatic heterocycles. The van der Waals surface area contributed by atoms with Gasteiger partial charge < -0.3 is 5.32 Å². The lowest BCUT2D eigenvalue weighted by atomic mass is 10.0. The summed E-state index contributed by atoms with van der Waals surface area (Å²) in [6.07, 6.45) is 3.37. The Kier molecular flexibility index (Phi) is 4.65. The minimum Gasteiger partial charge on any atom is -0.321 e. The van der Waals surface area contributed by atoms with Crippen molar-refractivity contribution in [3.05, 3.63) is 88.7 Å². The number of rotatable bonds is 4. The maximum absolute atomic E-state index is 12.8. The molecule has 1 N–H and O–H groups in total. The molecular formula is C23H22N4O. The first-order valence-electron chi connectivity index (χ1n) is 9.26. The number of amides is 1. The molecule has 2 heterocycles. The molecule has 0 aliphatic heterocycles. The van der Waals surface area contributed by atoms with Crippen molar-refractivity contribution in [1.82, 2.24) is 14.8 Å². The highest BCUT2D eigenvalue weighted by atomic mass is 16.1. The molecule has 2 aromatic carbocycles. The van der Waals surface area contributed by atoms with Crippen molar-refractivity contribution in [2.75, 3.05) is 5.32 Å². The van der Waals surface area contributed by atoms with Crippen LogP contribution in [0.4, 0.5) is 5.69 Å². The van der Waals surface area contributed by atoms with E-state index in [9.17, 15) is 4.79 Å². The van der Waals surface area contributed by atoms with Crippen molar-refractivity contribution in [3.63, 3.8) is 0 Å². The number of benzene rings is 2. The molecule has 4 aromatic rings. The van der Waals surface area contributed by atoms with Gasteiger partial charge in [0.15, 0.2) is 5.65 Å². The van der Waals surface area contributed by atoms with Crippen molar-refractivity contribution in [3.8, 4) is 0 Å². The van der Waals surface area contributed by atoms with Gasteiger partial charge in [-0.25, -0.2) is 9.67 Å². The van der Waals surface area contributed by atoms with E-state index in [0.29, 0.717) is 12.1 Å². The molecule has 0 bridgehead atoms. The minimum absolute atomic E-state index is 0.166. The second kappa shape index (κ2) is 7.27. The lowest BCUT2D eigenvalue weighted by Gasteiger charge is -2.13. The Balaban J connectivity index is 1.59. The van der Waals surface area contributed by atoms with Crippen LogP contribution in [0.1, 0.15) is 32.6 Å². The fourth-order valence-electron chi connectivity index (χ4n) is 3.53. The van der Waals surface area contributed by atoms with Gasteiger partial charge in [-0.2, -0.15) is 5.10 Å². The number of carbonyl (C=O) groups excluding carboxylic acids is 1. The third-order valence-electron chi connectivity index (χ3n) is 4.83. The van der Waals surface area contributed by atoms with Gasteiger partial charge >= 0.3 is 0 Å². The van der Waals surface area contributed by atoms with Crippen molar-refractivity contribution in [2.45, 2.75) is 27.3 Å². The minimum atomic E-state index is -0.166. The van der Waals surface area contributed by atoms with E-state index in [4.69, 9.17) is 0 Å². The van der Waals surface area contributed by atoms with Gasteiger partial charge in [0.05, 0.1) is 18.3 Å². The summed E-state index contributed by atoms with van der Waals surface area (Å²) in [6, 6.07) is 16.1. The zero-order valence-electron chi connectivity index (χ0n) is 16.2. The second-order valence-electron chi connectivity index (χ2n) is 7.15. The molecule has 1 amide bonds. The average molecular weight is 370 g/mol. The van der Waals surface area contributed by atoms with Crippen LogP contribution in [0.15, 0.2) is 60.9 Å². The van der Waals surface area contributed by atoms with Crippen LogP contribution in [0, 0.1) is 20.8 Å². The van der Waals surface area contributed by atoms with Crippen molar-refractivity contribution >= 4 is 22.6 Å². The van der Waals surface area contributed by atoms with E-state index in [-0.39, 0.29) is 5.91 Å². The number of anilines is 1. The molecule has 0 spiro atoms. The van der Waals surface area contributed by atoms with E-state index >= 15 is 0 Å². The Morgan fingerprint density at radius 2 is 1.71 bits per heavy atom. The summed E-state index contributed by atoms with van der Waals surface area (Å²) in [5.41, 5.74) is 6.58. The number of aromatic nitrogens is 3. The summed E-state index contributed by atoms with van der Waals surface area (Å²) in [6.45, 7) is 6.70. The van der Waals surface area contributed by atoms with Crippen LogP contribution in [0.2, 0.25) is 0 Å². The third kappa shape index (κ3) is 3.51. The smallest absolute Gasteiger partial charge is 0.257 e. The predicted molar refractivity (Wildman–Crippen MR) is 112 cm³/mol. The zero-order chi connectivity index (χ0) is 19.7. The van der Waals surface area contributed by atoms with E-state index in [1.165, 1.54) is 5.56 Å². The quantitative estimate of drug-likeness (QED) is 0.568. The van der Waals surface area contributed by atoms with Crippen molar-refractivity contribution < 1.29 is 4.79 Å². The largest absolute Gasteiger partial charge is 0.321 e. The van der Waals surface area contributed by atoms with Gasteiger partial charge in [-0.15, -0.1) is 0 Å². The molecule has 140 valence electrons. The molecule has 5 heteroatoms. The molecule has 0 aliphatic carbocycles. The van der Waals surface area contributed by atoms with E-state index < -0.39 is 0 Å². The van der Waals surface area contributed by atoms with Crippen LogP contribution in [-0.4, -0.2) is 20.7 Å². The standard InChI is InChI=1S/C23H22N4O/c1-15-9-16(2)21(17(3)10-15)26-23(28)20-11-19-13-25-27(22(19)24-12-20)14-18-7-5-4-6-8-18/h4-13H,14H2,1-3H3,(H,26,28). The molecule has 0 unspecified atom stereocenters. The molecular weight excluding hydrogens is 348 g/mol. The lowest BCUT2D eigenvalue weighted by Crippen LogP contribution is -2.14. The lowest BCUT2D eigenvalue weighted by molar-refractivity contribution is 0.102. The normalized spacial score (nSPS) is 11.0. The summed E-state index contributed by atoms with van der Waals surface area (Å²) in [4.78, 5) is 17.3. The van der Waals surface area contributed by atoms with E-state index in [0.717, 1.165) is 33.4 Å². The number of nitrogens with zero attached hydrogens (tertiary/aromatic N) is 3. The van der Waals surface area contributed by atoms with Gasteiger partial charge in [0.2, 0.25) is 0 Å². The number of pyridine rings is 1. The summed E-state index contributed by atoms with van der Waals surface area (Å²) in [7, 11) is 0. The highest BCUT2D eigenvalue weighted by molar-refractivity contribution is 6.06. The first kappa shape index (κ1) is 17.9. The van der Waals surface area contributed by atoms with Gasteiger partial charge in [-0.1, -0.05) is 48.0 Å². The Labute approximate surface area is 164 Å². The average Bonchev–Trinajstić information content (AvgIpc) is 3.07. The highest BCUT2D eigenvalue weighted by Gasteiger charge is 2.13. The van der Waals surface area contributed by atoms with Crippen molar-refractivity contribution in [2.24, 2.45) is 0 Å². The zero-order valence-corrected chi connectivity index (χ0v) is 16.2. The predicted octanol–water partition coefficient (Wildman–Crippen LogP) is 4.66. The summed E-state index contributed by atoms with van der Waals surface area (Å²) < 4.78 is 1.85. The fourth-order valence-corrected chi connectivity index (χ4v) is 3.53. The maximum atomic E-state index is 12.8. The molecule has 5 nitrogen and oxygen atoms in total. The molecule has 0 saturated carbocycles. The highest BCUT2D eigenvalue weighted by Crippen LogP contribution is 2.23. The van der Waals surface area contributed by atoms with Crippen molar-refractivity contribution in [1.29, 1.82) is 0 Å². The molecule has 0 aliphatic rings. The molecule has 0 saturated heterocycles. The van der Waals surface area contributed by atoms with Crippen LogP contribution < -0.4 is 5.32 Å². The van der Waals surface area contributed by atoms with E-state index in [1.54, 1.807) is 12.4 Å². The third-order valence-corrected chi connectivity index (χ3v) is 4.83. The van der Waals surface area contributed by atoms with Gasteiger partial charge in [-0.05, 0) is 43.5 Å². The molecule has 0 radical (unpaired) electrons. The van der Waals surface area contributed by atoms with E-state index in [2.05, 4.69) is 46.6 Å². The first-order valence-corrected chi connectivity index (χ1v) is 9.26. The summed E-state index contributed by atoms with van der Waals surface area (Å²) in [5.74, 6) is -0.166. The van der Waals surface area contributed by atoms with Gasteiger partial charge in [-0.3, -0.25) is 4.79 Å². The Morgan fingerprint density at radius 1 is 1.00 bits per heavy atom. The monoisotopic (exact) mass is 370 g/mol. The topological polar surface area (TPSA) is 59.8 Å². The van der Waals surface area contributed by atoms with Crippen LogP contribution in [0.5, 0.6) is 0 Å². The Morgan fingerprint density at radius 3 is 2.43 bits per heavy atom. The number of hydrogen-bond acceptors (Lipinski definition) is 3. The van der Waals surface area contributed by atoms with Crippen LogP contribution in [0.25, 0.3) is 11.0 Å². The van der Waals surface area contributed by atoms with Crippen LogP contribution in [-0.2, 0) is 6.54 Å². The molecule has 0 fully saturated rings.